The molecule has 39 heavy (non-hydrogen) atoms. The number of sulfonamides is 1. The highest BCUT2D eigenvalue weighted by Gasteiger charge is 2.32. The molecule has 0 radical (unpaired) electrons. The highest BCUT2D eigenvalue weighted by Crippen LogP contribution is 2.39. The van der Waals surface area contributed by atoms with Crippen molar-refractivity contribution in [3.05, 3.63) is 101 Å². The average molecular weight is 545 g/mol. The second-order valence-corrected chi connectivity index (χ2v) is 13.2. The molecule has 4 aromatic rings. The van der Waals surface area contributed by atoms with E-state index in [1.54, 1.807) is 4.31 Å². The Morgan fingerprint density at radius 1 is 0.795 bits per heavy atom. The molecule has 2 heterocycles. The lowest BCUT2D eigenvalue weighted by atomic mass is 9.84. The summed E-state index contributed by atoms with van der Waals surface area (Å²) in [4.78, 5) is 0.410. The summed E-state index contributed by atoms with van der Waals surface area (Å²) in [6.07, 6.45) is 7.86. The van der Waals surface area contributed by atoms with Crippen molar-refractivity contribution in [2.24, 2.45) is 0 Å². The second kappa shape index (κ2) is 10.9. The van der Waals surface area contributed by atoms with Crippen LogP contribution in [-0.2, 0) is 16.6 Å². The molecule has 204 valence electrons. The molecule has 0 bridgehead atoms. The third kappa shape index (κ3) is 5.17. The fourth-order valence-corrected chi connectivity index (χ4v) is 8.30. The zero-order valence-corrected chi connectivity index (χ0v) is 23.5. The first-order valence-electron chi connectivity index (χ1n) is 14.3. The van der Waals surface area contributed by atoms with Crippen LogP contribution in [0.15, 0.2) is 77.7 Å². The molecule has 1 aromatic heterocycles. The highest BCUT2D eigenvalue weighted by atomic mass is 32.2. The minimum absolute atomic E-state index is 0.226. The first kappa shape index (κ1) is 26.3. The first-order valence-corrected chi connectivity index (χ1v) is 15.8. The summed E-state index contributed by atoms with van der Waals surface area (Å²) in [6.45, 7) is 3.88. The van der Waals surface area contributed by atoms with Gasteiger partial charge in [0.1, 0.15) is 5.82 Å². The molecule has 6 heteroatoms. The van der Waals surface area contributed by atoms with Crippen molar-refractivity contribution in [1.82, 2.24) is 8.87 Å². The molecule has 0 N–H and O–H groups in total. The van der Waals surface area contributed by atoms with E-state index in [4.69, 9.17) is 0 Å². The number of rotatable bonds is 6. The Balaban J connectivity index is 1.20. The minimum atomic E-state index is -3.51. The van der Waals surface area contributed by atoms with E-state index in [0.29, 0.717) is 36.4 Å². The van der Waals surface area contributed by atoms with Crippen LogP contribution in [0.5, 0.6) is 0 Å². The van der Waals surface area contributed by atoms with Gasteiger partial charge in [0.25, 0.3) is 0 Å². The molecular weight excluding hydrogens is 507 g/mol. The van der Waals surface area contributed by atoms with E-state index in [1.807, 2.05) is 36.4 Å². The molecule has 1 aliphatic heterocycles. The van der Waals surface area contributed by atoms with Crippen molar-refractivity contribution in [3.63, 3.8) is 0 Å². The predicted molar refractivity (Wildman–Crippen MR) is 155 cm³/mol. The minimum Gasteiger partial charge on any atom is -0.340 e. The molecule has 1 saturated heterocycles. The van der Waals surface area contributed by atoms with Crippen molar-refractivity contribution in [3.8, 4) is 0 Å². The molecule has 0 spiro atoms. The van der Waals surface area contributed by atoms with E-state index in [0.717, 1.165) is 18.4 Å². The molecule has 2 fully saturated rings. The van der Waals surface area contributed by atoms with Gasteiger partial charge in [-0.3, -0.25) is 0 Å². The molecule has 1 aliphatic carbocycles. The van der Waals surface area contributed by atoms with Crippen LogP contribution < -0.4 is 0 Å². The van der Waals surface area contributed by atoms with Crippen molar-refractivity contribution in [2.45, 2.75) is 75.1 Å². The van der Waals surface area contributed by atoms with E-state index in [2.05, 4.69) is 35.8 Å². The van der Waals surface area contributed by atoms with E-state index >= 15 is 0 Å². The number of fused-ring (bicyclic) bond motifs is 1. The predicted octanol–water partition coefficient (Wildman–Crippen LogP) is 7.75. The third-order valence-electron chi connectivity index (χ3n) is 8.99. The Bertz CT molecular complexity index is 1540. The van der Waals surface area contributed by atoms with Gasteiger partial charge in [0.15, 0.2) is 0 Å². The summed E-state index contributed by atoms with van der Waals surface area (Å²) in [6, 6.07) is 22.9. The van der Waals surface area contributed by atoms with Crippen molar-refractivity contribution in [1.29, 1.82) is 0 Å². The molecular formula is C33H37FN2O2S. The van der Waals surface area contributed by atoms with Crippen LogP contribution in [0.1, 0.15) is 79.2 Å². The highest BCUT2D eigenvalue weighted by molar-refractivity contribution is 7.89. The Kier molecular flexibility index (Phi) is 7.34. The van der Waals surface area contributed by atoms with Gasteiger partial charge >= 0.3 is 0 Å². The molecule has 6 rings (SSSR count). The van der Waals surface area contributed by atoms with E-state index in [9.17, 15) is 12.8 Å². The van der Waals surface area contributed by atoms with Crippen LogP contribution in [0.2, 0.25) is 0 Å². The molecule has 1 saturated carbocycles. The van der Waals surface area contributed by atoms with Gasteiger partial charge in [-0.1, -0.05) is 61.7 Å². The lowest BCUT2D eigenvalue weighted by Crippen LogP contribution is -2.38. The molecule has 0 unspecified atom stereocenters. The van der Waals surface area contributed by atoms with Gasteiger partial charge in [0.2, 0.25) is 10.0 Å². The number of nitrogens with zero attached hydrogens (tertiary/aromatic N) is 2. The number of piperidine rings is 1. The standard InChI is InChI=1S/C33H37FN2O2S/c1-24-33(31-9-5-6-10-32(31)36(24)23-25-11-15-29(34)16-12-25)28-19-21-35(22-20-28)39(37,38)30-17-13-27(14-18-30)26-7-3-2-4-8-26/h5-6,9-18,26,28H,2-4,7-8,19-23H2,1H3. The molecule has 4 nitrogen and oxygen atoms in total. The maximum atomic E-state index is 13.5. The van der Waals surface area contributed by atoms with E-state index < -0.39 is 10.0 Å². The number of para-hydroxylation sites is 1. The van der Waals surface area contributed by atoms with Gasteiger partial charge in [0.05, 0.1) is 4.90 Å². The normalized spacial score (nSPS) is 18.1. The zero-order chi connectivity index (χ0) is 27.0. The summed E-state index contributed by atoms with van der Waals surface area (Å²) >= 11 is 0. The summed E-state index contributed by atoms with van der Waals surface area (Å²) in [5.41, 5.74) is 6.03. The van der Waals surface area contributed by atoms with Crippen LogP contribution in [0.4, 0.5) is 4.39 Å². The smallest absolute Gasteiger partial charge is 0.243 e. The summed E-state index contributed by atoms with van der Waals surface area (Å²) in [5, 5.41) is 1.23. The maximum absolute atomic E-state index is 13.5. The van der Waals surface area contributed by atoms with Crippen LogP contribution in [0, 0.1) is 12.7 Å². The maximum Gasteiger partial charge on any atom is 0.243 e. The summed E-state index contributed by atoms with van der Waals surface area (Å²) in [7, 11) is -3.51. The quantitative estimate of drug-likeness (QED) is 0.249. The van der Waals surface area contributed by atoms with Crippen LogP contribution in [-0.4, -0.2) is 30.4 Å². The third-order valence-corrected chi connectivity index (χ3v) is 10.9. The molecule has 0 atom stereocenters. The topological polar surface area (TPSA) is 42.3 Å². The number of hydrogen-bond donors (Lipinski definition) is 0. The zero-order valence-electron chi connectivity index (χ0n) is 22.7. The lowest BCUT2D eigenvalue weighted by Gasteiger charge is -2.32. The van der Waals surface area contributed by atoms with Crippen molar-refractivity contribution in [2.75, 3.05) is 13.1 Å². The SMILES string of the molecule is Cc1c(C2CCN(S(=O)(=O)c3ccc(C4CCCCC4)cc3)CC2)c2ccccc2n1Cc1ccc(F)cc1. The monoisotopic (exact) mass is 544 g/mol. The van der Waals surface area contributed by atoms with Crippen LogP contribution >= 0.6 is 0 Å². The molecule has 3 aromatic carbocycles. The van der Waals surface area contributed by atoms with Crippen LogP contribution in [0.3, 0.4) is 0 Å². The Labute approximate surface area is 231 Å². The number of halogens is 1. The van der Waals surface area contributed by atoms with Crippen LogP contribution in [0.25, 0.3) is 10.9 Å². The lowest BCUT2D eigenvalue weighted by molar-refractivity contribution is 0.319. The van der Waals surface area contributed by atoms with Gasteiger partial charge in [-0.05, 0) is 91.5 Å². The summed E-state index contributed by atoms with van der Waals surface area (Å²) < 4.78 is 44.5. The Hall–Kier alpha value is -2.96. The first-order chi connectivity index (χ1) is 18.9. The average Bonchev–Trinajstić information content (AvgIpc) is 3.25. The van der Waals surface area contributed by atoms with E-state index in [-0.39, 0.29) is 5.82 Å². The Morgan fingerprint density at radius 2 is 1.46 bits per heavy atom. The molecule has 0 amide bonds. The number of hydrogen-bond acceptors (Lipinski definition) is 2. The van der Waals surface area contributed by atoms with Gasteiger partial charge in [-0.25, -0.2) is 12.8 Å². The van der Waals surface area contributed by atoms with Gasteiger partial charge in [-0.2, -0.15) is 4.31 Å². The van der Waals surface area contributed by atoms with E-state index in [1.165, 1.54) is 72.0 Å². The van der Waals surface area contributed by atoms with Gasteiger partial charge in [0, 0.05) is 36.2 Å². The number of aromatic nitrogens is 1. The fourth-order valence-electron chi connectivity index (χ4n) is 6.83. The second-order valence-electron chi connectivity index (χ2n) is 11.3. The fraction of sp³-hybridized carbons (Fsp3) is 0.394. The van der Waals surface area contributed by atoms with Gasteiger partial charge in [-0.15, -0.1) is 0 Å². The van der Waals surface area contributed by atoms with Crippen molar-refractivity contribution >= 4 is 20.9 Å². The number of benzene rings is 3. The summed E-state index contributed by atoms with van der Waals surface area (Å²) in [5.74, 6) is 0.638. The Morgan fingerprint density at radius 3 is 2.15 bits per heavy atom. The largest absolute Gasteiger partial charge is 0.340 e. The van der Waals surface area contributed by atoms with Crippen molar-refractivity contribution < 1.29 is 12.8 Å². The van der Waals surface area contributed by atoms with Gasteiger partial charge < -0.3 is 4.57 Å². The molecule has 2 aliphatic rings.